The van der Waals surface area contributed by atoms with E-state index >= 15 is 0 Å². The summed E-state index contributed by atoms with van der Waals surface area (Å²) in [5.74, 6) is 0.262. The van der Waals surface area contributed by atoms with Crippen LogP contribution in [0.15, 0.2) is 67.3 Å². The zero-order valence-corrected chi connectivity index (χ0v) is 23.0. The van der Waals surface area contributed by atoms with Crippen molar-refractivity contribution in [3.8, 4) is 17.2 Å². The highest BCUT2D eigenvalue weighted by atomic mass is 16.5. The third-order valence-electron chi connectivity index (χ3n) is 5.67. The van der Waals surface area contributed by atoms with Gasteiger partial charge in [-0.15, -0.1) is 0 Å². The molecule has 0 aromatic heterocycles. The molecule has 0 spiro atoms. The van der Waals surface area contributed by atoms with Crippen molar-refractivity contribution in [1.82, 2.24) is 0 Å². The van der Waals surface area contributed by atoms with Gasteiger partial charge in [0.1, 0.15) is 17.2 Å². The lowest BCUT2D eigenvalue weighted by molar-refractivity contribution is -0.140. The van der Waals surface area contributed by atoms with Crippen molar-refractivity contribution >= 4 is 17.9 Å². The lowest BCUT2D eigenvalue weighted by Crippen LogP contribution is -2.11. The Bertz CT molecular complexity index is 1120. The summed E-state index contributed by atoms with van der Waals surface area (Å²) in [7, 11) is 0. The van der Waals surface area contributed by atoms with E-state index in [2.05, 4.69) is 13.2 Å². The molecule has 0 atom stereocenters. The predicted octanol–water partition coefficient (Wildman–Crippen LogP) is 5.13. The van der Waals surface area contributed by atoms with E-state index < -0.39 is 24.5 Å². The molecule has 0 unspecified atom stereocenters. The Balaban J connectivity index is 1.66. The van der Waals surface area contributed by atoms with Gasteiger partial charge in [0.15, 0.2) is 0 Å². The summed E-state index contributed by atoms with van der Waals surface area (Å²) < 4.78 is 26.9. The molecule has 40 heavy (non-hydrogen) atoms. The predicted molar refractivity (Wildman–Crippen MR) is 150 cm³/mol. The quantitative estimate of drug-likeness (QED) is 0.109. The lowest BCUT2D eigenvalue weighted by Gasteiger charge is -2.11. The van der Waals surface area contributed by atoms with Gasteiger partial charge in [0, 0.05) is 6.08 Å². The molecule has 0 bridgehead atoms. The van der Waals surface area contributed by atoms with Crippen LogP contribution in [0.25, 0.3) is 0 Å². The summed E-state index contributed by atoms with van der Waals surface area (Å²) in [5.41, 5.74) is 1.28. The molecule has 9 nitrogen and oxygen atoms in total. The average Bonchev–Trinajstić information content (AvgIpc) is 2.96. The maximum atomic E-state index is 12.6. The van der Waals surface area contributed by atoms with Gasteiger partial charge >= 0.3 is 17.9 Å². The van der Waals surface area contributed by atoms with Gasteiger partial charge < -0.3 is 28.8 Å². The van der Waals surface area contributed by atoms with Crippen molar-refractivity contribution in [2.75, 3.05) is 33.0 Å². The summed E-state index contributed by atoms with van der Waals surface area (Å²) in [5, 5.41) is 8.83. The van der Waals surface area contributed by atoms with Crippen LogP contribution in [0.5, 0.6) is 17.2 Å². The Hall–Kier alpha value is -4.11. The Kier molecular flexibility index (Phi) is 14.6. The van der Waals surface area contributed by atoms with Crippen LogP contribution in [0, 0.1) is 6.92 Å². The van der Waals surface area contributed by atoms with E-state index in [1.54, 1.807) is 42.5 Å². The van der Waals surface area contributed by atoms with Crippen molar-refractivity contribution in [3.05, 3.63) is 78.4 Å². The molecule has 0 heterocycles. The standard InChI is InChI=1S/C31H38O9/c1-4-29(33)38-19-8-6-5-7-18-37-28-16-11-25(21-23(28)2)31(35)40-27-14-12-26(13-15-27)36-17-9-10-20-39-30(34)24(3)22-32/h4,11-16,21,32H,1,3,5-10,17-20,22H2,2H3. The van der Waals surface area contributed by atoms with Crippen molar-refractivity contribution < 1.29 is 43.2 Å². The molecule has 0 radical (unpaired) electrons. The summed E-state index contributed by atoms with van der Waals surface area (Å²) in [6.45, 7) is 9.83. The topological polar surface area (TPSA) is 118 Å². The molecule has 0 aliphatic rings. The van der Waals surface area contributed by atoms with Crippen molar-refractivity contribution in [2.24, 2.45) is 0 Å². The fourth-order valence-corrected chi connectivity index (χ4v) is 3.41. The molecule has 2 aromatic carbocycles. The minimum absolute atomic E-state index is 0.0276. The minimum atomic E-state index is -0.599. The van der Waals surface area contributed by atoms with Gasteiger partial charge in [-0.25, -0.2) is 14.4 Å². The van der Waals surface area contributed by atoms with Crippen molar-refractivity contribution in [3.63, 3.8) is 0 Å². The van der Waals surface area contributed by atoms with Gasteiger partial charge in [-0.05, 0) is 93.5 Å². The zero-order chi connectivity index (χ0) is 29.2. The first-order valence-electron chi connectivity index (χ1n) is 13.3. The van der Waals surface area contributed by atoms with Gasteiger partial charge in [-0.2, -0.15) is 0 Å². The third-order valence-corrected chi connectivity index (χ3v) is 5.67. The Morgan fingerprint density at radius 1 is 0.800 bits per heavy atom. The summed E-state index contributed by atoms with van der Waals surface area (Å²) in [6, 6.07) is 11.9. The number of esters is 3. The highest BCUT2D eigenvalue weighted by Crippen LogP contribution is 2.22. The molecule has 0 saturated carbocycles. The van der Waals surface area contributed by atoms with Crippen LogP contribution in [-0.4, -0.2) is 56.0 Å². The number of ether oxygens (including phenoxy) is 5. The number of hydrogen-bond acceptors (Lipinski definition) is 9. The number of unbranched alkanes of at least 4 members (excludes halogenated alkanes) is 4. The Morgan fingerprint density at radius 2 is 1.40 bits per heavy atom. The van der Waals surface area contributed by atoms with E-state index in [1.807, 2.05) is 6.92 Å². The largest absolute Gasteiger partial charge is 0.494 e. The van der Waals surface area contributed by atoms with Gasteiger partial charge in [-0.1, -0.05) is 13.2 Å². The van der Waals surface area contributed by atoms with Gasteiger partial charge in [-0.3, -0.25) is 0 Å². The number of aryl methyl sites for hydroxylation is 1. The number of aliphatic hydroxyl groups is 1. The van der Waals surface area contributed by atoms with E-state index in [-0.39, 0.29) is 12.2 Å². The van der Waals surface area contributed by atoms with Crippen LogP contribution in [0.3, 0.4) is 0 Å². The molecule has 0 aliphatic heterocycles. The number of aliphatic hydroxyl groups excluding tert-OH is 1. The average molecular weight is 555 g/mol. The van der Waals surface area contributed by atoms with Crippen LogP contribution in [0.1, 0.15) is 54.4 Å². The summed E-state index contributed by atoms with van der Waals surface area (Å²) in [4.78, 5) is 35.0. The number of carbonyl (C=O) groups excluding carboxylic acids is 3. The molecule has 0 aliphatic carbocycles. The maximum Gasteiger partial charge on any atom is 0.343 e. The summed E-state index contributed by atoms with van der Waals surface area (Å²) in [6.07, 6.45) is 6.01. The maximum absolute atomic E-state index is 12.6. The molecule has 0 amide bonds. The molecule has 2 rings (SSSR count). The fraction of sp³-hybridized carbons (Fsp3) is 0.387. The SMILES string of the molecule is C=CC(=O)OCCCCCCOc1ccc(C(=O)Oc2ccc(OCCCCOC(=O)C(=C)CO)cc2)cc1C. The molecule has 0 fully saturated rings. The smallest absolute Gasteiger partial charge is 0.343 e. The number of benzene rings is 2. The van der Waals surface area contributed by atoms with Crippen LogP contribution < -0.4 is 14.2 Å². The highest BCUT2D eigenvalue weighted by Gasteiger charge is 2.12. The molecule has 1 N–H and O–H groups in total. The molecule has 216 valence electrons. The van der Waals surface area contributed by atoms with Crippen molar-refractivity contribution in [2.45, 2.75) is 45.4 Å². The number of hydrogen-bond donors (Lipinski definition) is 1. The van der Waals surface area contributed by atoms with Crippen molar-refractivity contribution in [1.29, 1.82) is 0 Å². The monoisotopic (exact) mass is 554 g/mol. The molecule has 2 aromatic rings. The second-order valence-electron chi connectivity index (χ2n) is 8.93. The van der Waals surface area contributed by atoms with Crippen LogP contribution >= 0.6 is 0 Å². The van der Waals surface area contributed by atoms with Gasteiger partial charge in [0.05, 0.1) is 44.2 Å². The summed E-state index contributed by atoms with van der Waals surface area (Å²) >= 11 is 0. The molecular weight excluding hydrogens is 516 g/mol. The first kappa shape index (κ1) is 32.1. The van der Waals surface area contributed by atoms with E-state index in [4.69, 9.17) is 28.8 Å². The number of carbonyl (C=O) groups is 3. The van der Waals surface area contributed by atoms with Gasteiger partial charge in [0.25, 0.3) is 0 Å². The third kappa shape index (κ3) is 12.2. The Morgan fingerprint density at radius 3 is 2.08 bits per heavy atom. The lowest BCUT2D eigenvalue weighted by atomic mass is 10.1. The van der Waals surface area contributed by atoms with E-state index in [9.17, 15) is 14.4 Å². The normalized spacial score (nSPS) is 10.3. The fourth-order valence-electron chi connectivity index (χ4n) is 3.41. The van der Waals surface area contributed by atoms with Crippen LogP contribution in [-0.2, 0) is 19.1 Å². The molecule has 0 saturated heterocycles. The van der Waals surface area contributed by atoms with E-state index in [1.165, 1.54) is 0 Å². The number of rotatable bonds is 19. The van der Waals surface area contributed by atoms with Crippen LogP contribution in [0.2, 0.25) is 0 Å². The second-order valence-corrected chi connectivity index (χ2v) is 8.93. The van der Waals surface area contributed by atoms with E-state index in [0.29, 0.717) is 55.5 Å². The zero-order valence-electron chi connectivity index (χ0n) is 23.0. The van der Waals surface area contributed by atoms with E-state index in [0.717, 1.165) is 37.3 Å². The first-order chi connectivity index (χ1) is 19.3. The first-order valence-corrected chi connectivity index (χ1v) is 13.3. The molecular formula is C31H38O9. The molecule has 9 heteroatoms. The highest BCUT2D eigenvalue weighted by molar-refractivity contribution is 5.91. The minimum Gasteiger partial charge on any atom is -0.494 e. The Labute approximate surface area is 235 Å². The van der Waals surface area contributed by atoms with Gasteiger partial charge in [0.2, 0.25) is 0 Å². The van der Waals surface area contributed by atoms with Crippen LogP contribution in [0.4, 0.5) is 0 Å². The second kappa shape index (κ2) is 18.2.